The molecule has 0 unspecified atom stereocenters. The lowest BCUT2D eigenvalue weighted by Gasteiger charge is -2.68. The van der Waals surface area contributed by atoms with E-state index in [9.17, 15) is 19.5 Å². The molecule has 5 aliphatic rings. The zero-order valence-corrected chi connectivity index (χ0v) is 19.5. The van der Waals surface area contributed by atoms with Crippen LogP contribution in [0.1, 0.15) is 66.7 Å². The van der Waals surface area contributed by atoms with Gasteiger partial charge in [0.1, 0.15) is 6.10 Å². The number of carbonyl (C=O) groups excluding carboxylic acids is 3. The second-order valence-corrected chi connectivity index (χ2v) is 11.5. The van der Waals surface area contributed by atoms with Crippen molar-refractivity contribution in [3.8, 4) is 0 Å². The normalized spacial score (nSPS) is 50.5. The molecule has 0 aromatic rings. The second-order valence-electron chi connectivity index (χ2n) is 11.5. The van der Waals surface area contributed by atoms with Crippen LogP contribution in [-0.4, -0.2) is 47.8 Å². The molecule has 2 saturated heterocycles. The van der Waals surface area contributed by atoms with Gasteiger partial charge >= 0.3 is 17.9 Å². The van der Waals surface area contributed by atoms with Gasteiger partial charge in [0.25, 0.3) is 0 Å². The Morgan fingerprint density at radius 3 is 2.41 bits per heavy atom. The molecule has 1 spiro atoms. The number of ether oxygens (including phenoxy) is 4. The molecule has 5 rings (SSSR count). The first kappa shape index (κ1) is 22.1. The number of fused-ring (bicyclic) bond motifs is 2. The molecule has 0 bridgehead atoms. The summed E-state index contributed by atoms with van der Waals surface area (Å²) in [5.74, 6) is -2.33. The highest BCUT2D eigenvalue weighted by atomic mass is 16.8. The fourth-order valence-corrected chi connectivity index (χ4v) is 8.91. The number of hydrogen-bond acceptors (Lipinski definition) is 8. The van der Waals surface area contributed by atoms with E-state index in [2.05, 4.69) is 20.8 Å². The maximum atomic E-state index is 12.7. The molecule has 0 aromatic carbocycles. The molecule has 5 fully saturated rings. The van der Waals surface area contributed by atoms with E-state index in [-0.39, 0.29) is 28.6 Å². The summed E-state index contributed by atoms with van der Waals surface area (Å²) in [5.41, 5.74) is -1.55. The van der Waals surface area contributed by atoms with Crippen LogP contribution >= 0.6 is 0 Å². The molecular weight excluding hydrogens is 416 g/mol. The summed E-state index contributed by atoms with van der Waals surface area (Å²) >= 11 is 0. The van der Waals surface area contributed by atoms with E-state index in [4.69, 9.17) is 18.9 Å². The first-order valence-electron chi connectivity index (χ1n) is 11.8. The van der Waals surface area contributed by atoms with E-state index < -0.39 is 54.0 Å². The van der Waals surface area contributed by atoms with Crippen LogP contribution in [0.5, 0.6) is 0 Å². The number of esters is 3. The maximum Gasteiger partial charge on any atom is 0.311 e. The van der Waals surface area contributed by atoms with Crippen molar-refractivity contribution in [2.45, 2.75) is 91.5 Å². The first-order chi connectivity index (χ1) is 14.9. The van der Waals surface area contributed by atoms with Gasteiger partial charge in [0.2, 0.25) is 6.29 Å². The summed E-state index contributed by atoms with van der Waals surface area (Å²) in [6, 6.07) is 0. The van der Waals surface area contributed by atoms with Gasteiger partial charge in [0.15, 0.2) is 12.4 Å². The van der Waals surface area contributed by atoms with Crippen molar-refractivity contribution in [1.29, 1.82) is 0 Å². The van der Waals surface area contributed by atoms with Crippen molar-refractivity contribution in [1.82, 2.24) is 0 Å². The van der Waals surface area contributed by atoms with Gasteiger partial charge in [-0.15, -0.1) is 0 Å². The van der Waals surface area contributed by atoms with E-state index in [1.54, 1.807) is 0 Å². The first-order valence-corrected chi connectivity index (χ1v) is 11.8. The van der Waals surface area contributed by atoms with Gasteiger partial charge in [-0.1, -0.05) is 27.2 Å². The largest absolute Gasteiger partial charge is 0.458 e. The Balaban J connectivity index is 1.75. The summed E-state index contributed by atoms with van der Waals surface area (Å²) in [4.78, 5) is 37.3. The second kappa shape index (κ2) is 6.92. The summed E-state index contributed by atoms with van der Waals surface area (Å²) in [6.45, 7) is 9.29. The minimum absolute atomic E-state index is 0.0755. The topological polar surface area (TPSA) is 108 Å². The fraction of sp³-hybridized carbons (Fsp3) is 0.875. The maximum absolute atomic E-state index is 12.7. The average molecular weight is 451 g/mol. The van der Waals surface area contributed by atoms with E-state index >= 15 is 0 Å². The lowest BCUT2D eigenvalue weighted by molar-refractivity contribution is -0.310. The highest BCUT2D eigenvalue weighted by molar-refractivity contribution is 5.76. The Hall–Kier alpha value is -1.67. The average Bonchev–Trinajstić information content (AvgIpc) is 3.13. The zero-order chi connectivity index (χ0) is 23.2. The Kier molecular flexibility index (Phi) is 4.79. The van der Waals surface area contributed by atoms with Gasteiger partial charge in [-0.2, -0.15) is 0 Å². The van der Waals surface area contributed by atoms with Crippen LogP contribution in [0.15, 0.2) is 0 Å². The van der Waals surface area contributed by atoms with Crippen LogP contribution in [0.25, 0.3) is 0 Å². The predicted molar refractivity (Wildman–Crippen MR) is 109 cm³/mol. The minimum Gasteiger partial charge on any atom is -0.458 e. The van der Waals surface area contributed by atoms with E-state index in [0.717, 1.165) is 19.3 Å². The Morgan fingerprint density at radius 2 is 1.75 bits per heavy atom. The standard InChI is InChI=1S/C24H34O8/c1-11(25)29-16-17-22(3,4)9-6-10-23(17,5)14-8-7-13-15-20(31-19(13)27)32-21(28)24(14,15)18(16)30-12(2)26/h13-18,20-21,28H,6-10H2,1-5H3/t13-,14-,15+,16-,17+,18-,20+,21-,23-,24+/m0/s1. The number of rotatable bonds is 2. The molecule has 3 aliphatic carbocycles. The van der Waals surface area contributed by atoms with Crippen LogP contribution in [0, 0.1) is 39.9 Å². The minimum atomic E-state index is -1.29. The monoisotopic (exact) mass is 450 g/mol. The lowest BCUT2D eigenvalue weighted by atomic mass is 9.37. The quantitative estimate of drug-likeness (QED) is 0.505. The van der Waals surface area contributed by atoms with Crippen LogP contribution < -0.4 is 0 Å². The predicted octanol–water partition coefficient (Wildman–Crippen LogP) is 2.56. The molecule has 8 heteroatoms. The summed E-state index contributed by atoms with van der Waals surface area (Å²) < 4.78 is 23.3. The molecule has 0 aromatic heterocycles. The molecule has 2 aliphatic heterocycles. The number of aliphatic hydroxyl groups is 1. The molecular formula is C24H34O8. The van der Waals surface area contributed by atoms with Gasteiger partial charge in [-0.05, 0) is 42.4 Å². The van der Waals surface area contributed by atoms with Crippen molar-refractivity contribution in [3.05, 3.63) is 0 Å². The van der Waals surface area contributed by atoms with Crippen LogP contribution in [0.4, 0.5) is 0 Å². The lowest BCUT2D eigenvalue weighted by Crippen LogP contribution is -2.73. The number of carbonyl (C=O) groups is 3. The molecule has 2 heterocycles. The van der Waals surface area contributed by atoms with E-state index in [0.29, 0.717) is 12.8 Å². The third-order valence-electron chi connectivity index (χ3n) is 9.50. The number of hydrogen-bond donors (Lipinski definition) is 1. The third-order valence-corrected chi connectivity index (χ3v) is 9.50. The summed E-state index contributed by atoms with van der Waals surface area (Å²) in [6.07, 6.45) is 0.385. The van der Waals surface area contributed by atoms with Gasteiger partial charge in [0.05, 0.1) is 11.3 Å². The summed E-state index contributed by atoms with van der Waals surface area (Å²) in [7, 11) is 0. The van der Waals surface area contributed by atoms with Crippen LogP contribution in [0.2, 0.25) is 0 Å². The molecule has 1 N–H and O–H groups in total. The Morgan fingerprint density at radius 1 is 1.06 bits per heavy atom. The number of aliphatic hydroxyl groups excluding tert-OH is 1. The van der Waals surface area contributed by atoms with Gasteiger partial charge < -0.3 is 24.1 Å². The molecule has 32 heavy (non-hydrogen) atoms. The van der Waals surface area contributed by atoms with Crippen molar-refractivity contribution in [2.75, 3.05) is 0 Å². The molecule has 8 nitrogen and oxygen atoms in total. The van der Waals surface area contributed by atoms with Crippen LogP contribution in [-0.2, 0) is 33.3 Å². The molecule has 0 radical (unpaired) electrons. The molecule has 0 amide bonds. The van der Waals surface area contributed by atoms with Crippen molar-refractivity contribution >= 4 is 17.9 Å². The van der Waals surface area contributed by atoms with Gasteiger partial charge in [-0.3, -0.25) is 14.4 Å². The van der Waals surface area contributed by atoms with Crippen molar-refractivity contribution in [3.63, 3.8) is 0 Å². The van der Waals surface area contributed by atoms with Gasteiger partial charge in [-0.25, -0.2) is 0 Å². The van der Waals surface area contributed by atoms with E-state index in [1.807, 2.05) is 0 Å². The fourth-order valence-electron chi connectivity index (χ4n) is 8.91. The Labute approximate surface area is 188 Å². The SMILES string of the molecule is CC(=O)O[C@H]1[C@@H]2C(C)(C)CCC[C@@]2(C)[C@@H]2CC[C@@H]3C(=O)O[C@@H]4O[C@H](O)[C@]2([C@@H]43)[C@H]1OC(C)=O. The smallest absolute Gasteiger partial charge is 0.311 e. The van der Waals surface area contributed by atoms with Crippen molar-refractivity contribution in [2.24, 2.45) is 39.9 Å². The third kappa shape index (κ3) is 2.65. The summed E-state index contributed by atoms with van der Waals surface area (Å²) in [5, 5.41) is 11.4. The Bertz CT molecular complexity index is 853. The molecule has 10 atom stereocenters. The van der Waals surface area contributed by atoms with Crippen molar-refractivity contribution < 1.29 is 38.4 Å². The molecule has 178 valence electrons. The highest BCUT2D eigenvalue weighted by Crippen LogP contribution is 2.74. The van der Waals surface area contributed by atoms with Gasteiger partial charge in [0, 0.05) is 25.7 Å². The molecule has 3 saturated carbocycles. The highest BCUT2D eigenvalue weighted by Gasteiger charge is 2.80. The van der Waals surface area contributed by atoms with E-state index in [1.165, 1.54) is 13.8 Å². The zero-order valence-electron chi connectivity index (χ0n) is 19.5. The van der Waals surface area contributed by atoms with Crippen LogP contribution in [0.3, 0.4) is 0 Å².